The number of thiazole rings is 1. The zero-order valence-corrected chi connectivity index (χ0v) is 13.9. The topological polar surface area (TPSA) is 33.2 Å². The minimum atomic E-state index is 0.262. The third-order valence-electron chi connectivity index (χ3n) is 4.16. The predicted octanol–water partition coefficient (Wildman–Crippen LogP) is 3.60. The molecule has 2 aromatic rings. The van der Waals surface area contributed by atoms with Crippen LogP contribution in [0.2, 0.25) is 0 Å². The predicted molar refractivity (Wildman–Crippen MR) is 90.2 cm³/mol. The number of piperidine rings is 1. The average molecular weight is 314 g/mol. The second-order valence-electron chi connectivity index (χ2n) is 5.90. The third-order valence-corrected chi connectivity index (χ3v) is 5.31. The number of aromatic nitrogens is 1. The summed E-state index contributed by atoms with van der Waals surface area (Å²) in [6.07, 6.45) is 4.91. The maximum Gasteiger partial charge on any atom is 0.227 e. The first kappa shape index (κ1) is 15.2. The summed E-state index contributed by atoms with van der Waals surface area (Å²) in [6, 6.07) is 10.4. The lowest BCUT2D eigenvalue weighted by molar-refractivity contribution is -0.131. The van der Waals surface area contributed by atoms with E-state index in [9.17, 15) is 4.79 Å². The number of rotatable bonds is 4. The molecule has 1 fully saturated rings. The summed E-state index contributed by atoms with van der Waals surface area (Å²) in [5.41, 5.74) is 2.28. The van der Waals surface area contributed by atoms with Crippen LogP contribution in [0.3, 0.4) is 0 Å². The van der Waals surface area contributed by atoms with Crippen molar-refractivity contribution >= 4 is 17.2 Å². The smallest absolute Gasteiger partial charge is 0.227 e. The van der Waals surface area contributed by atoms with Crippen molar-refractivity contribution in [1.82, 2.24) is 9.88 Å². The maximum absolute atomic E-state index is 12.4. The van der Waals surface area contributed by atoms with Crippen molar-refractivity contribution in [2.45, 2.75) is 39.0 Å². The van der Waals surface area contributed by atoms with Crippen molar-refractivity contribution in [3.05, 3.63) is 51.5 Å². The molecule has 4 heteroatoms. The van der Waals surface area contributed by atoms with Gasteiger partial charge in [0.2, 0.25) is 5.91 Å². The van der Waals surface area contributed by atoms with Gasteiger partial charge in [-0.15, -0.1) is 11.3 Å². The van der Waals surface area contributed by atoms with Crippen molar-refractivity contribution in [2.75, 3.05) is 13.1 Å². The molecule has 2 heterocycles. The lowest BCUT2D eigenvalue weighted by Crippen LogP contribution is -2.36. The first-order valence-electron chi connectivity index (χ1n) is 7.99. The number of amides is 1. The summed E-state index contributed by atoms with van der Waals surface area (Å²) in [5, 5.41) is 1.10. The van der Waals surface area contributed by atoms with E-state index in [4.69, 9.17) is 0 Å². The molecule has 3 nitrogen and oxygen atoms in total. The van der Waals surface area contributed by atoms with Crippen molar-refractivity contribution in [3.8, 4) is 0 Å². The molecule has 116 valence electrons. The summed E-state index contributed by atoms with van der Waals surface area (Å²) in [5.74, 6) is 0.262. The Balaban J connectivity index is 1.65. The number of hydrogen-bond acceptors (Lipinski definition) is 3. The lowest BCUT2D eigenvalue weighted by atomic mass is 10.1. The fourth-order valence-corrected chi connectivity index (χ4v) is 3.99. The van der Waals surface area contributed by atoms with E-state index in [-0.39, 0.29) is 5.91 Å². The molecule has 0 saturated carbocycles. The summed E-state index contributed by atoms with van der Waals surface area (Å²) < 4.78 is 0. The van der Waals surface area contributed by atoms with Gasteiger partial charge in [0, 0.05) is 24.4 Å². The highest BCUT2D eigenvalue weighted by molar-refractivity contribution is 7.11. The van der Waals surface area contributed by atoms with Gasteiger partial charge in [0.15, 0.2) is 0 Å². The van der Waals surface area contributed by atoms with Gasteiger partial charge in [-0.2, -0.15) is 0 Å². The van der Waals surface area contributed by atoms with Crippen LogP contribution in [0.1, 0.15) is 40.4 Å². The van der Waals surface area contributed by atoms with Crippen molar-refractivity contribution in [1.29, 1.82) is 0 Å². The SMILES string of the molecule is Cc1nc(Cc2ccccc2)sc1CC(=O)N1CCCCC1. The van der Waals surface area contributed by atoms with Gasteiger partial charge >= 0.3 is 0 Å². The van der Waals surface area contributed by atoms with Crippen LogP contribution in [-0.2, 0) is 17.6 Å². The standard InChI is InChI=1S/C18H22N2OS/c1-14-16(13-18(21)20-10-6-3-7-11-20)22-17(19-14)12-15-8-4-2-5-9-15/h2,4-5,8-9H,3,6-7,10-13H2,1H3. The van der Waals surface area contributed by atoms with Crippen LogP contribution in [0.25, 0.3) is 0 Å². The molecular formula is C18H22N2OS. The van der Waals surface area contributed by atoms with Gasteiger partial charge in [0.1, 0.15) is 0 Å². The van der Waals surface area contributed by atoms with Crippen molar-refractivity contribution in [3.63, 3.8) is 0 Å². The quantitative estimate of drug-likeness (QED) is 0.864. The van der Waals surface area contributed by atoms with E-state index < -0.39 is 0 Å². The van der Waals surface area contributed by atoms with E-state index >= 15 is 0 Å². The normalized spacial score (nSPS) is 15.0. The van der Waals surface area contributed by atoms with E-state index in [2.05, 4.69) is 29.2 Å². The van der Waals surface area contributed by atoms with E-state index in [1.165, 1.54) is 12.0 Å². The minimum absolute atomic E-state index is 0.262. The van der Waals surface area contributed by atoms with Crippen LogP contribution in [0.15, 0.2) is 30.3 Å². The van der Waals surface area contributed by atoms with Gasteiger partial charge in [-0.25, -0.2) is 4.98 Å². The molecule has 1 amide bonds. The monoisotopic (exact) mass is 314 g/mol. The fourth-order valence-electron chi connectivity index (χ4n) is 2.89. The van der Waals surface area contributed by atoms with Gasteiger partial charge in [-0.1, -0.05) is 30.3 Å². The number of benzene rings is 1. The highest BCUT2D eigenvalue weighted by Crippen LogP contribution is 2.22. The van der Waals surface area contributed by atoms with Crippen LogP contribution >= 0.6 is 11.3 Å². The molecule has 0 aliphatic carbocycles. The van der Waals surface area contributed by atoms with Crippen LogP contribution in [0, 0.1) is 6.92 Å². The zero-order chi connectivity index (χ0) is 15.4. The van der Waals surface area contributed by atoms with Crippen molar-refractivity contribution < 1.29 is 4.79 Å². The van der Waals surface area contributed by atoms with E-state index in [0.29, 0.717) is 6.42 Å². The molecule has 3 rings (SSSR count). The molecule has 0 atom stereocenters. The molecule has 1 saturated heterocycles. The van der Waals surface area contributed by atoms with Gasteiger partial charge in [0.05, 0.1) is 17.1 Å². The molecule has 1 aromatic carbocycles. The summed E-state index contributed by atoms with van der Waals surface area (Å²) in [6.45, 7) is 3.87. The van der Waals surface area contributed by atoms with Gasteiger partial charge in [0.25, 0.3) is 0 Å². The summed E-state index contributed by atoms with van der Waals surface area (Å²) in [7, 11) is 0. The highest BCUT2D eigenvalue weighted by atomic mass is 32.1. The van der Waals surface area contributed by atoms with Gasteiger partial charge in [-0.3, -0.25) is 4.79 Å². The van der Waals surface area contributed by atoms with Gasteiger partial charge < -0.3 is 4.90 Å². The fraction of sp³-hybridized carbons (Fsp3) is 0.444. The Morgan fingerprint density at radius 1 is 1.18 bits per heavy atom. The Labute approximate surface area is 136 Å². The Morgan fingerprint density at radius 2 is 1.91 bits per heavy atom. The highest BCUT2D eigenvalue weighted by Gasteiger charge is 2.19. The molecular weight excluding hydrogens is 292 g/mol. The minimum Gasteiger partial charge on any atom is -0.342 e. The first-order chi connectivity index (χ1) is 10.7. The van der Waals surface area contributed by atoms with Crippen LogP contribution in [0.5, 0.6) is 0 Å². The maximum atomic E-state index is 12.4. The molecule has 0 N–H and O–H groups in total. The zero-order valence-electron chi connectivity index (χ0n) is 13.0. The Bertz CT molecular complexity index is 630. The summed E-state index contributed by atoms with van der Waals surface area (Å²) in [4.78, 5) is 20.2. The summed E-state index contributed by atoms with van der Waals surface area (Å²) >= 11 is 1.69. The number of hydrogen-bond donors (Lipinski definition) is 0. The van der Waals surface area contributed by atoms with E-state index in [1.807, 2.05) is 17.9 Å². The number of carbonyl (C=O) groups is 1. The molecule has 0 radical (unpaired) electrons. The second-order valence-corrected chi connectivity index (χ2v) is 7.06. The lowest BCUT2D eigenvalue weighted by Gasteiger charge is -2.26. The number of carbonyl (C=O) groups excluding carboxylic acids is 1. The van der Waals surface area contributed by atoms with E-state index in [1.54, 1.807) is 11.3 Å². The van der Waals surface area contributed by atoms with Gasteiger partial charge in [-0.05, 0) is 31.7 Å². The van der Waals surface area contributed by atoms with Crippen LogP contribution in [-0.4, -0.2) is 28.9 Å². The number of likely N-dealkylation sites (tertiary alicyclic amines) is 1. The second kappa shape index (κ2) is 7.05. The Hall–Kier alpha value is -1.68. The van der Waals surface area contributed by atoms with Crippen LogP contribution < -0.4 is 0 Å². The molecule has 1 aliphatic rings. The Kier molecular flexibility index (Phi) is 4.88. The first-order valence-corrected chi connectivity index (χ1v) is 8.81. The van der Waals surface area contributed by atoms with Crippen molar-refractivity contribution in [2.24, 2.45) is 0 Å². The van der Waals surface area contributed by atoms with Crippen LogP contribution in [0.4, 0.5) is 0 Å². The molecule has 22 heavy (non-hydrogen) atoms. The van der Waals surface area contributed by atoms with E-state index in [0.717, 1.165) is 47.9 Å². The molecule has 1 aromatic heterocycles. The molecule has 0 bridgehead atoms. The molecule has 0 spiro atoms. The number of nitrogens with zero attached hydrogens (tertiary/aromatic N) is 2. The largest absolute Gasteiger partial charge is 0.342 e. The number of aryl methyl sites for hydroxylation is 1. The average Bonchev–Trinajstić information content (AvgIpc) is 2.88. The molecule has 0 unspecified atom stereocenters. The Morgan fingerprint density at radius 3 is 2.64 bits per heavy atom. The third kappa shape index (κ3) is 3.74. The molecule has 1 aliphatic heterocycles.